The highest BCUT2D eigenvalue weighted by atomic mass is 32.2. The molecule has 1 atom stereocenters. The van der Waals surface area contributed by atoms with E-state index in [1.807, 2.05) is 29.8 Å². The van der Waals surface area contributed by atoms with Crippen molar-refractivity contribution >= 4 is 32.6 Å². The van der Waals surface area contributed by atoms with Gasteiger partial charge in [-0.25, -0.2) is 9.03 Å². The van der Waals surface area contributed by atoms with Gasteiger partial charge in [-0.2, -0.15) is 8.42 Å². The standard InChI is InChI=1S/C19H22N2O6S/c1-12(11-27-13(2)22)3-4-14-5-6-15-9-18(23)17(8-16(15)7-14)21-10-19(24)20-28(21,25)26/h5-10,12,20,23-24H,3-4,11H2,1-2H3. The Hall–Kier alpha value is -2.94. The number of hydrogen-bond donors (Lipinski definition) is 3. The Balaban J connectivity index is 1.83. The number of carbonyl (C=O) groups excluding carboxylic acids is 1. The number of aliphatic hydroxyl groups excluding tert-OH is 1. The molecule has 0 radical (unpaired) electrons. The summed E-state index contributed by atoms with van der Waals surface area (Å²) in [6.07, 6.45) is 2.58. The van der Waals surface area contributed by atoms with Gasteiger partial charge in [-0.15, -0.1) is 0 Å². The largest absolute Gasteiger partial charge is 0.506 e. The lowest BCUT2D eigenvalue weighted by atomic mass is 9.99. The van der Waals surface area contributed by atoms with Gasteiger partial charge < -0.3 is 14.9 Å². The van der Waals surface area contributed by atoms with Crippen LogP contribution in [0.5, 0.6) is 5.75 Å². The molecule has 1 heterocycles. The fourth-order valence-electron chi connectivity index (χ4n) is 3.00. The molecule has 0 saturated heterocycles. The van der Waals surface area contributed by atoms with Gasteiger partial charge in [0, 0.05) is 6.92 Å². The zero-order valence-corrected chi connectivity index (χ0v) is 16.4. The van der Waals surface area contributed by atoms with Crippen LogP contribution >= 0.6 is 0 Å². The molecule has 0 fully saturated rings. The Morgan fingerprint density at radius 3 is 2.61 bits per heavy atom. The maximum absolute atomic E-state index is 12.1. The van der Waals surface area contributed by atoms with Gasteiger partial charge in [0.1, 0.15) is 11.4 Å². The zero-order chi connectivity index (χ0) is 20.5. The van der Waals surface area contributed by atoms with E-state index in [0.29, 0.717) is 6.61 Å². The number of nitrogens with zero attached hydrogens (tertiary/aromatic N) is 1. The van der Waals surface area contributed by atoms with Gasteiger partial charge in [0.05, 0.1) is 12.8 Å². The number of hydrogen-bond acceptors (Lipinski definition) is 6. The predicted molar refractivity (Wildman–Crippen MR) is 105 cm³/mol. The van der Waals surface area contributed by atoms with E-state index in [1.165, 1.54) is 13.0 Å². The van der Waals surface area contributed by atoms with E-state index < -0.39 is 16.1 Å². The monoisotopic (exact) mass is 406 g/mol. The fraction of sp³-hybridized carbons (Fsp3) is 0.316. The third kappa shape index (κ3) is 4.30. The van der Waals surface area contributed by atoms with Crippen molar-refractivity contribution in [1.82, 2.24) is 4.72 Å². The molecule has 0 aliphatic carbocycles. The molecule has 0 spiro atoms. The number of anilines is 1. The number of aliphatic hydroxyl groups is 1. The number of esters is 1. The van der Waals surface area contributed by atoms with Crippen LogP contribution in [0.2, 0.25) is 0 Å². The second-order valence-corrected chi connectivity index (χ2v) is 8.43. The number of carbonyl (C=O) groups is 1. The van der Waals surface area contributed by atoms with Gasteiger partial charge in [0.15, 0.2) is 0 Å². The molecule has 0 saturated carbocycles. The fourth-order valence-corrected chi connectivity index (χ4v) is 4.06. The summed E-state index contributed by atoms with van der Waals surface area (Å²) < 4.78 is 31.9. The molecule has 0 aromatic heterocycles. The van der Waals surface area contributed by atoms with Crippen molar-refractivity contribution in [2.75, 3.05) is 10.9 Å². The van der Waals surface area contributed by atoms with E-state index in [1.54, 1.807) is 6.07 Å². The summed E-state index contributed by atoms with van der Waals surface area (Å²) in [5.41, 5.74) is 1.09. The van der Waals surface area contributed by atoms with Crippen LogP contribution in [0, 0.1) is 5.92 Å². The molecule has 1 unspecified atom stereocenters. The summed E-state index contributed by atoms with van der Waals surface area (Å²) >= 11 is 0. The topological polar surface area (TPSA) is 116 Å². The van der Waals surface area contributed by atoms with E-state index in [2.05, 4.69) is 0 Å². The Labute approximate surface area is 163 Å². The first-order chi connectivity index (χ1) is 13.2. The number of benzene rings is 2. The number of aryl methyl sites for hydroxylation is 1. The maximum atomic E-state index is 12.1. The van der Waals surface area contributed by atoms with Crippen LogP contribution in [0.25, 0.3) is 10.8 Å². The van der Waals surface area contributed by atoms with E-state index in [0.717, 1.165) is 39.7 Å². The van der Waals surface area contributed by atoms with E-state index in [9.17, 15) is 23.4 Å². The summed E-state index contributed by atoms with van der Waals surface area (Å²) in [6.45, 7) is 3.76. The molecule has 28 heavy (non-hydrogen) atoms. The average molecular weight is 406 g/mol. The molecule has 9 heteroatoms. The van der Waals surface area contributed by atoms with Gasteiger partial charge in [-0.1, -0.05) is 25.1 Å². The van der Waals surface area contributed by atoms with Gasteiger partial charge >= 0.3 is 16.2 Å². The van der Waals surface area contributed by atoms with Crippen molar-refractivity contribution in [3.8, 4) is 5.75 Å². The molecule has 2 aromatic rings. The molecule has 2 aromatic carbocycles. The first-order valence-electron chi connectivity index (χ1n) is 8.77. The van der Waals surface area contributed by atoms with Gasteiger partial charge in [0.2, 0.25) is 5.88 Å². The lowest BCUT2D eigenvalue weighted by Gasteiger charge is -2.16. The number of rotatable bonds is 6. The first kappa shape index (κ1) is 19.8. The van der Waals surface area contributed by atoms with Crippen molar-refractivity contribution in [2.45, 2.75) is 26.7 Å². The summed E-state index contributed by atoms with van der Waals surface area (Å²) in [5.74, 6) is -0.818. The number of ether oxygens (including phenoxy) is 1. The van der Waals surface area contributed by atoms with Crippen molar-refractivity contribution in [1.29, 1.82) is 0 Å². The Morgan fingerprint density at radius 2 is 1.96 bits per heavy atom. The molecule has 3 rings (SSSR count). The van der Waals surface area contributed by atoms with Crippen LogP contribution < -0.4 is 9.03 Å². The molecule has 1 aliphatic rings. The number of phenols is 1. The molecular weight excluding hydrogens is 384 g/mol. The van der Waals surface area contributed by atoms with Crippen LogP contribution in [0.4, 0.5) is 5.69 Å². The van der Waals surface area contributed by atoms with Crippen LogP contribution in [0.15, 0.2) is 42.4 Å². The minimum atomic E-state index is -3.99. The van der Waals surface area contributed by atoms with Gasteiger partial charge in [0.25, 0.3) is 0 Å². The number of nitrogens with one attached hydrogen (secondary N) is 1. The lowest BCUT2D eigenvalue weighted by molar-refractivity contribution is -0.142. The molecule has 150 valence electrons. The number of fused-ring (bicyclic) bond motifs is 1. The second kappa shape index (κ2) is 7.59. The minimum absolute atomic E-state index is 0.0458. The average Bonchev–Trinajstić information content (AvgIpc) is 2.89. The quantitative estimate of drug-likeness (QED) is 0.635. The minimum Gasteiger partial charge on any atom is -0.506 e. The highest BCUT2D eigenvalue weighted by Crippen LogP contribution is 2.36. The summed E-state index contributed by atoms with van der Waals surface area (Å²) in [4.78, 5) is 10.9. The second-order valence-electron chi connectivity index (χ2n) is 6.89. The highest BCUT2D eigenvalue weighted by Gasteiger charge is 2.30. The van der Waals surface area contributed by atoms with Gasteiger partial charge in [-0.05, 0) is 47.2 Å². The molecular formula is C19H22N2O6S. The number of aromatic hydroxyl groups is 1. The third-order valence-corrected chi connectivity index (χ3v) is 5.75. The summed E-state index contributed by atoms with van der Waals surface area (Å²) in [7, 11) is -3.99. The Morgan fingerprint density at radius 1 is 1.21 bits per heavy atom. The van der Waals surface area contributed by atoms with Crippen molar-refractivity contribution in [2.24, 2.45) is 5.92 Å². The lowest BCUT2D eigenvalue weighted by Crippen LogP contribution is -2.29. The third-order valence-electron chi connectivity index (χ3n) is 4.46. The molecule has 0 bridgehead atoms. The molecule has 0 amide bonds. The van der Waals surface area contributed by atoms with Crippen LogP contribution in [0.1, 0.15) is 25.8 Å². The van der Waals surface area contributed by atoms with Crippen LogP contribution in [-0.2, 0) is 26.2 Å². The van der Waals surface area contributed by atoms with E-state index in [4.69, 9.17) is 4.74 Å². The maximum Gasteiger partial charge on any atom is 0.330 e. The summed E-state index contributed by atoms with van der Waals surface area (Å²) in [6, 6.07) is 8.77. The van der Waals surface area contributed by atoms with Crippen molar-refractivity contribution in [3.63, 3.8) is 0 Å². The Bertz CT molecular complexity index is 1050. The van der Waals surface area contributed by atoms with E-state index >= 15 is 0 Å². The Kier molecular flexibility index (Phi) is 5.37. The van der Waals surface area contributed by atoms with Gasteiger partial charge in [-0.3, -0.25) is 4.79 Å². The van der Waals surface area contributed by atoms with Crippen molar-refractivity contribution < 1.29 is 28.2 Å². The molecule has 3 N–H and O–H groups in total. The highest BCUT2D eigenvalue weighted by molar-refractivity contribution is 7.91. The van der Waals surface area contributed by atoms with Crippen LogP contribution in [0.3, 0.4) is 0 Å². The smallest absolute Gasteiger partial charge is 0.330 e. The SMILES string of the molecule is CC(=O)OCC(C)CCc1ccc2cc(O)c(N3C=C(O)NS3(=O)=O)cc2c1. The van der Waals surface area contributed by atoms with Crippen molar-refractivity contribution in [3.05, 3.63) is 48.0 Å². The zero-order valence-electron chi connectivity index (χ0n) is 15.5. The normalized spacial score (nSPS) is 16.5. The predicted octanol–water partition coefficient (Wildman–Crippen LogP) is 2.69. The summed E-state index contributed by atoms with van der Waals surface area (Å²) in [5, 5.41) is 21.2. The molecule has 1 aliphatic heterocycles. The molecule has 8 nitrogen and oxygen atoms in total. The van der Waals surface area contributed by atoms with E-state index in [-0.39, 0.29) is 23.3 Å². The first-order valence-corrected chi connectivity index (χ1v) is 10.2. The number of phenolic OH excluding ortho intramolecular Hbond substituents is 1. The van der Waals surface area contributed by atoms with Crippen LogP contribution in [-0.4, -0.2) is 31.2 Å².